The summed E-state index contributed by atoms with van der Waals surface area (Å²) >= 11 is 3.37. The summed E-state index contributed by atoms with van der Waals surface area (Å²) in [6.45, 7) is 2.32. The van der Waals surface area contributed by atoms with Gasteiger partial charge in [0.15, 0.2) is 0 Å². The number of carbonyl (C=O) groups excluding carboxylic acids is 1. The van der Waals surface area contributed by atoms with Crippen molar-refractivity contribution in [2.24, 2.45) is 0 Å². The zero-order valence-electron chi connectivity index (χ0n) is 12.2. The average molecular weight is 373 g/mol. The predicted octanol–water partition coefficient (Wildman–Crippen LogP) is 1.48. The van der Waals surface area contributed by atoms with Gasteiger partial charge in [0, 0.05) is 10.2 Å². The van der Waals surface area contributed by atoms with Crippen molar-refractivity contribution in [2.45, 2.75) is 13.8 Å². The summed E-state index contributed by atoms with van der Waals surface area (Å²) in [6.07, 6.45) is 0. The second-order valence-electron chi connectivity index (χ2n) is 4.85. The number of carboxylic acid groups (broad SMARTS) is 2. The number of benzene rings is 1. The van der Waals surface area contributed by atoms with Crippen molar-refractivity contribution in [1.29, 1.82) is 0 Å². The lowest BCUT2D eigenvalue weighted by Gasteiger charge is -2.19. The number of halogens is 1. The van der Waals surface area contributed by atoms with Crippen LogP contribution in [0.1, 0.15) is 11.1 Å². The Bertz CT molecular complexity index is 587. The number of rotatable bonds is 7. The molecule has 0 atom stereocenters. The molecule has 0 aromatic heterocycles. The van der Waals surface area contributed by atoms with E-state index in [1.54, 1.807) is 0 Å². The van der Waals surface area contributed by atoms with Gasteiger partial charge in [-0.2, -0.15) is 0 Å². The van der Waals surface area contributed by atoms with Crippen LogP contribution in [-0.2, 0) is 14.4 Å². The fourth-order valence-corrected chi connectivity index (χ4v) is 2.28. The minimum Gasteiger partial charge on any atom is -0.480 e. The molecule has 0 saturated carbocycles. The second kappa shape index (κ2) is 7.90. The third-order valence-corrected chi connectivity index (χ3v) is 3.82. The molecule has 8 heteroatoms. The Morgan fingerprint density at radius 2 is 1.64 bits per heavy atom. The van der Waals surface area contributed by atoms with Crippen LogP contribution in [0.2, 0.25) is 0 Å². The molecule has 1 amide bonds. The maximum absolute atomic E-state index is 12.0. The monoisotopic (exact) mass is 372 g/mol. The third kappa shape index (κ3) is 5.45. The van der Waals surface area contributed by atoms with E-state index < -0.39 is 30.9 Å². The van der Waals surface area contributed by atoms with E-state index in [-0.39, 0.29) is 6.54 Å². The Labute approximate surface area is 136 Å². The van der Waals surface area contributed by atoms with E-state index in [9.17, 15) is 14.4 Å². The van der Waals surface area contributed by atoms with Gasteiger partial charge in [0.2, 0.25) is 5.91 Å². The fraction of sp³-hybridized carbons (Fsp3) is 0.357. The summed E-state index contributed by atoms with van der Waals surface area (Å²) in [5.41, 5.74) is 2.33. The highest BCUT2D eigenvalue weighted by molar-refractivity contribution is 9.10. The van der Waals surface area contributed by atoms with Crippen LogP contribution in [0.5, 0.6) is 0 Å². The summed E-state index contributed by atoms with van der Waals surface area (Å²) in [5.74, 6) is -2.85. The zero-order valence-corrected chi connectivity index (χ0v) is 13.8. The summed E-state index contributed by atoms with van der Waals surface area (Å²) in [7, 11) is 0. The van der Waals surface area contributed by atoms with Gasteiger partial charge in [0.25, 0.3) is 0 Å². The molecule has 0 bridgehead atoms. The first kappa shape index (κ1) is 18.1. The zero-order chi connectivity index (χ0) is 16.9. The highest BCUT2D eigenvalue weighted by Crippen LogP contribution is 2.27. The number of amides is 1. The molecule has 0 unspecified atom stereocenters. The van der Waals surface area contributed by atoms with Crippen molar-refractivity contribution >= 4 is 39.5 Å². The molecule has 0 aliphatic rings. The normalized spacial score (nSPS) is 10.5. The summed E-state index contributed by atoms with van der Waals surface area (Å²) in [5, 5.41) is 20.2. The average Bonchev–Trinajstić information content (AvgIpc) is 2.37. The summed E-state index contributed by atoms with van der Waals surface area (Å²) in [4.78, 5) is 34.5. The molecule has 0 saturated heterocycles. The molecule has 0 heterocycles. The molecular formula is C14H17BrN2O5. The van der Waals surface area contributed by atoms with Crippen LogP contribution >= 0.6 is 15.9 Å². The topological polar surface area (TPSA) is 107 Å². The third-order valence-electron chi connectivity index (χ3n) is 2.96. The van der Waals surface area contributed by atoms with Gasteiger partial charge in [-0.1, -0.05) is 22.0 Å². The Balaban J connectivity index is 2.81. The minimum absolute atomic E-state index is 0.315. The summed E-state index contributed by atoms with van der Waals surface area (Å²) < 4.78 is 0.835. The van der Waals surface area contributed by atoms with Crippen LogP contribution in [0.15, 0.2) is 16.6 Å². The molecule has 1 aromatic carbocycles. The number of carboxylic acids is 2. The smallest absolute Gasteiger partial charge is 0.317 e. The van der Waals surface area contributed by atoms with E-state index in [0.717, 1.165) is 20.5 Å². The van der Waals surface area contributed by atoms with E-state index in [1.807, 2.05) is 26.0 Å². The fourth-order valence-electron chi connectivity index (χ4n) is 1.95. The van der Waals surface area contributed by atoms with Crippen molar-refractivity contribution in [3.8, 4) is 0 Å². The van der Waals surface area contributed by atoms with Gasteiger partial charge in [-0.25, -0.2) is 0 Å². The molecule has 1 aromatic rings. The van der Waals surface area contributed by atoms with Crippen LogP contribution in [-0.4, -0.2) is 52.6 Å². The Morgan fingerprint density at radius 3 is 2.14 bits per heavy atom. The number of nitrogens with one attached hydrogen (secondary N) is 1. The molecule has 0 aliphatic carbocycles. The lowest BCUT2D eigenvalue weighted by Crippen LogP contribution is -2.40. The lowest BCUT2D eigenvalue weighted by atomic mass is 10.1. The molecule has 22 heavy (non-hydrogen) atoms. The first-order valence-corrected chi connectivity index (χ1v) is 7.21. The van der Waals surface area contributed by atoms with Crippen LogP contribution in [0, 0.1) is 13.8 Å². The number of nitrogens with zero attached hydrogens (tertiary/aromatic N) is 1. The first-order valence-electron chi connectivity index (χ1n) is 6.42. The van der Waals surface area contributed by atoms with Crippen LogP contribution in [0.25, 0.3) is 0 Å². The molecule has 120 valence electrons. The van der Waals surface area contributed by atoms with Crippen molar-refractivity contribution in [1.82, 2.24) is 4.90 Å². The number of carbonyl (C=O) groups is 3. The quantitative estimate of drug-likeness (QED) is 0.668. The van der Waals surface area contributed by atoms with Gasteiger partial charge in [-0.15, -0.1) is 0 Å². The summed E-state index contributed by atoms with van der Waals surface area (Å²) in [6, 6.07) is 3.69. The number of hydrogen-bond donors (Lipinski definition) is 3. The van der Waals surface area contributed by atoms with Gasteiger partial charge in [-0.05, 0) is 31.0 Å². The molecular weight excluding hydrogens is 356 g/mol. The lowest BCUT2D eigenvalue weighted by molar-refractivity contribution is -0.142. The maximum Gasteiger partial charge on any atom is 0.317 e. The number of aryl methyl sites for hydroxylation is 1. The van der Waals surface area contributed by atoms with E-state index >= 15 is 0 Å². The van der Waals surface area contributed by atoms with Gasteiger partial charge >= 0.3 is 11.9 Å². The van der Waals surface area contributed by atoms with E-state index in [2.05, 4.69) is 21.2 Å². The predicted molar refractivity (Wildman–Crippen MR) is 84.0 cm³/mol. The molecule has 0 spiro atoms. The number of hydrogen-bond acceptors (Lipinski definition) is 4. The highest BCUT2D eigenvalue weighted by Gasteiger charge is 2.18. The first-order chi connectivity index (χ1) is 10.2. The molecule has 0 fully saturated rings. The largest absolute Gasteiger partial charge is 0.480 e. The maximum atomic E-state index is 12.0. The van der Waals surface area contributed by atoms with Crippen LogP contribution in [0.3, 0.4) is 0 Å². The highest BCUT2D eigenvalue weighted by atomic mass is 79.9. The van der Waals surface area contributed by atoms with Crippen LogP contribution in [0.4, 0.5) is 5.69 Å². The van der Waals surface area contributed by atoms with E-state index in [0.29, 0.717) is 5.69 Å². The minimum atomic E-state index is -1.19. The Kier molecular flexibility index (Phi) is 6.51. The number of aliphatic carboxylic acids is 2. The molecule has 0 radical (unpaired) electrons. The molecule has 0 aliphatic heterocycles. The second-order valence-corrected chi connectivity index (χ2v) is 5.70. The Morgan fingerprint density at radius 1 is 1.09 bits per heavy atom. The standard InChI is InChI=1S/C14H17BrN2O5/c1-8-3-4-10(15)9(2)14(8)16-11(18)5-17(6-12(19)20)7-13(21)22/h3-4H,5-7H2,1-2H3,(H,16,18)(H,19,20)(H,21,22). The van der Waals surface area contributed by atoms with E-state index in [4.69, 9.17) is 10.2 Å². The van der Waals surface area contributed by atoms with Gasteiger partial charge < -0.3 is 15.5 Å². The number of anilines is 1. The molecule has 3 N–H and O–H groups in total. The SMILES string of the molecule is Cc1ccc(Br)c(C)c1NC(=O)CN(CC(=O)O)CC(=O)O. The van der Waals surface area contributed by atoms with Crippen molar-refractivity contribution in [3.05, 3.63) is 27.7 Å². The van der Waals surface area contributed by atoms with Gasteiger partial charge in [0.05, 0.1) is 19.6 Å². The van der Waals surface area contributed by atoms with Gasteiger partial charge in [0.1, 0.15) is 0 Å². The molecule has 1 rings (SSSR count). The van der Waals surface area contributed by atoms with Crippen molar-refractivity contribution in [3.63, 3.8) is 0 Å². The van der Waals surface area contributed by atoms with Crippen molar-refractivity contribution in [2.75, 3.05) is 25.0 Å². The molecule has 7 nitrogen and oxygen atoms in total. The van der Waals surface area contributed by atoms with Crippen LogP contribution < -0.4 is 5.32 Å². The van der Waals surface area contributed by atoms with Crippen molar-refractivity contribution < 1.29 is 24.6 Å². The Hall–Kier alpha value is -1.93. The van der Waals surface area contributed by atoms with E-state index in [1.165, 1.54) is 0 Å². The van der Waals surface area contributed by atoms with Gasteiger partial charge in [-0.3, -0.25) is 19.3 Å².